The predicted octanol–water partition coefficient (Wildman–Crippen LogP) is 6.17. The predicted molar refractivity (Wildman–Crippen MR) is 98.2 cm³/mol. The highest BCUT2D eigenvalue weighted by Gasteiger charge is 1.99. The zero-order valence-electron chi connectivity index (χ0n) is 15.2. The molecule has 132 valence electrons. The fourth-order valence-electron chi connectivity index (χ4n) is 2.99. The summed E-state index contributed by atoms with van der Waals surface area (Å²) < 4.78 is 0. The summed E-state index contributed by atoms with van der Waals surface area (Å²) in [7, 11) is 0. The average Bonchev–Trinajstić information content (AvgIpc) is 2.51. The molecule has 2 N–H and O–H groups in total. The van der Waals surface area contributed by atoms with Gasteiger partial charge in [0.2, 0.25) is 0 Å². The maximum absolute atomic E-state index is 11.4. The number of hydrogen-bond acceptors (Lipinski definition) is 2. The molecule has 0 aliphatic heterocycles. The molecule has 0 aromatic rings. The first-order valence-corrected chi connectivity index (χ1v) is 10.0. The monoisotopic (exact) mass is 311 g/mol. The SMILES string of the molecule is CCCC(=O)CCCCCCCCCCCCCCCCN. The van der Waals surface area contributed by atoms with Gasteiger partial charge in [-0.15, -0.1) is 0 Å². The highest BCUT2D eigenvalue weighted by molar-refractivity contribution is 5.78. The Bertz CT molecular complexity index is 228. The average molecular weight is 312 g/mol. The summed E-state index contributed by atoms with van der Waals surface area (Å²) in [5.41, 5.74) is 5.49. The van der Waals surface area contributed by atoms with E-state index in [1.54, 1.807) is 0 Å². The highest BCUT2D eigenvalue weighted by atomic mass is 16.1. The van der Waals surface area contributed by atoms with Gasteiger partial charge in [-0.05, 0) is 25.8 Å². The van der Waals surface area contributed by atoms with Gasteiger partial charge < -0.3 is 5.73 Å². The van der Waals surface area contributed by atoms with E-state index in [4.69, 9.17) is 5.73 Å². The lowest BCUT2D eigenvalue weighted by Gasteiger charge is -2.03. The molecule has 22 heavy (non-hydrogen) atoms. The molecule has 0 bridgehead atoms. The lowest BCUT2D eigenvalue weighted by Crippen LogP contribution is -1.97. The Morgan fingerprint density at radius 2 is 0.955 bits per heavy atom. The van der Waals surface area contributed by atoms with E-state index >= 15 is 0 Å². The lowest BCUT2D eigenvalue weighted by molar-refractivity contribution is -0.119. The zero-order chi connectivity index (χ0) is 16.3. The quantitative estimate of drug-likeness (QED) is 0.308. The van der Waals surface area contributed by atoms with Crippen molar-refractivity contribution in [3.63, 3.8) is 0 Å². The van der Waals surface area contributed by atoms with Crippen LogP contribution in [0.5, 0.6) is 0 Å². The van der Waals surface area contributed by atoms with Crippen molar-refractivity contribution in [2.24, 2.45) is 5.73 Å². The second kappa shape index (κ2) is 18.7. The van der Waals surface area contributed by atoms with Crippen LogP contribution in [-0.2, 0) is 4.79 Å². The van der Waals surface area contributed by atoms with Crippen LogP contribution in [0.25, 0.3) is 0 Å². The Morgan fingerprint density at radius 1 is 0.591 bits per heavy atom. The first kappa shape index (κ1) is 21.6. The summed E-state index contributed by atoms with van der Waals surface area (Å²) in [5, 5.41) is 0. The van der Waals surface area contributed by atoms with E-state index in [0.717, 1.165) is 32.2 Å². The number of ketones is 1. The highest BCUT2D eigenvalue weighted by Crippen LogP contribution is 2.13. The second-order valence-corrected chi connectivity index (χ2v) is 6.78. The molecule has 2 nitrogen and oxygen atoms in total. The summed E-state index contributed by atoms with van der Waals surface area (Å²) in [6, 6.07) is 0. The van der Waals surface area contributed by atoms with E-state index in [9.17, 15) is 4.79 Å². The number of hydrogen-bond donors (Lipinski definition) is 1. The molecule has 0 atom stereocenters. The van der Waals surface area contributed by atoms with E-state index in [-0.39, 0.29) is 0 Å². The fourth-order valence-corrected chi connectivity index (χ4v) is 2.99. The maximum atomic E-state index is 11.4. The molecule has 0 radical (unpaired) electrons. The van der Waals surface area contributed by atoms with Gasteiger partial charge in [0, 0.05) is 12.8 Å². The Labute approximate surface area is 139 Å². The topological polar surface area (TPSA) is 43.1 Å². The third kappa shape index (κ3) is 17.7. The third-order valence-electron chi connectivity index (χ3n) is 4.44. The van der Waals surface area contributed by atoms with Crippen LogP contribution in [0.4, 0.5) is 0 Å². The minimum absolute atomic E-state index is 0.463. The van der Waals surface area contributed by atoms with Crippen molar-refractivity contribution < 1.29 is 4.79 Å². The van der Waals surface area contributed by atoms with Gasteiger partial charge in [-0.2, -0.15) is 0 Å². The van der Waals surface area contributed by atoms with Crippen LogP contribution in [0.15, 0.2) is 0 Å². The smallest absolute Gasteiger partial charge is 0.132 e. The molecule has 0 rings (SSSR count). The summed E-state index contributed by atoms with van der Waals surface area (Å²) in [4.78, 5) is 11.4. The van der Waals surface area contributed by atoms with Gasteiger partial charge in [0.05, 0.1) is 0 Å². The van der Waals surface area contributed by atoms with Gasteiger partial charge in [-0.1, -0.05) is 84.0 Å². The second-order valence-electron chi connectivity index (χ2n) is 6.78. The Kier molecular flexibility index (Phi) is 18.4. The molecule has 0 aromatic heterocycles. The van der Waals surface area contributed by atoms with Gasteiger partial charge >= 0.3 is 0 Å². The van der Waals surface area contributed by atoms with E-state index < -0.39 is 0 Å². The normalized spacial score (nSPS) is 11.0. The van der Waals surface area contributed by atoms with Crippen molar-refractivity contribution in [2.75, 3.05) is 6.54 Å². The molecule has 0 saturated carbocycles. The molecule has 2 heteroatoms. The summed E-state index contributed by atoms with van der Waals surface area (Å²) >= 11 is 0. The molecule has 0 amide bonds. The largest absolute Gasteiger partial charge is 0.330 e. The molecular weight excluding hydrogens is 270 g/mol. The molecule has 0 unspecified atom stereocenters. The summed E-state index contributed by atoms with van der Waals surface area (Å²) in [6.07, 6.45) is 21.4. The summed E-state index contributed by atoms with van der Waals surface area (Å²) in [6.45, 7) is 2.94. The molecule has 0 heterocycles. The Balaban J connectivity index is 3.01. The first-order chi connectivity index (χ1) is 10.8. The number of carbonyl (C=O) groups excluding carboxylic acids is 1. The number of Topliss-reactive ketones (excluding diaryl/α,β-unsaturated/α-hetero) is 1. The van der Waals surface area contributed by atoms with Crippen molar-refractivity contribution >= 4 is 5.78 Å². The number of rotatable bonds is 18. The zero-order valence-corrected chi connectivity index (χ0v) is 15.2. The molecule has 0 saturated heterocycles. The number of nitrogens with two attached hydrogens (primary N) is 1. The van der Waals surface area contributed by atoms with E-state index in [1.165, 1.54) is 83.5 Å². The standard InChI is InChI=1S/C20H41NO/c1-2-17-20(22)18-15-13-11-9-7-5-3-4-6-8-10-12-14-16-19-21/h2-19,21H2,1H3. The van der Waals surface area contributed by atoms with Crippen LogP contribution in [0.2, 0.25) is 0 Å². The molecule has 0 aromatic carbocycles. The van der Waals surface area contributed by atoms with Crippen molar-refractivity contribution in [3.05, 3.63) is 0 Å². The van der Waals surface area contributed by atoms with E-state index in [2.05, 4.69) is 6.92 Å². The molecule has 0 aliphatic carbocycles. The Hall–Kier alpha value is -0.370. The van der Waals surface area contributed by atoms with Crippen LogP contribution >= 0.6 is 0 Å². The van der Waals surface area contributed by atoms with Crippen molar-refractivity contribution in [2.45, 2.75) is 116 Å². The molecular formula is C20H41NO. The van der Waals surface area contributed by atoms with Gasteiger partial charge in [-0.25, -0.2) is 0 Å². The molecule has 0 spiro atoms. The van der Waals surface area contributed by atoms with Crippen LogP contribution in [0.1, 0.15) is 116 Å². The van der Waals surface area contributed by atoms with Crippen molar-refractivity contribution in [1.29, 1.82) is 0 Å². The van der Waals surface area contributed by atoms with Crippen molar-refractivity contribution in [3.8, 4) is 0 Å². The van der Waals surface area contributed by atoms with Crippen LogP contribution in [0.3, 0.4) is 0 Å². The van der Waals surface area contributed by atoms with Crippen molar-refractivity contribution in [1.82, 2.24) is 0 Å². The Morgan fingerprint density at radius 3 is 1.32 bits per heavy atom. The molecule has 0 fully saturated rings. The van der Waals surface area contributed by atoms with Crippen LogP contribution < -0.4 is 5.73 Å². The minimum Gasteiger partial charge on any atom is -0.330 e. The van der Waals surface area contributed by atoms with Gasteiger partial charge in [0.25, 0.3) is 0 Å². The van der Waals surface area contributed by atoms with Crippen LogP contribution in [0, 0.1) is 0 Å². The van der Waals surface area contributed by atoms with E-state index in [1.807, 2.05) is 0 Å². The van der Waals surface area contributed by atoms with Crippen LogP contribution in [-0.4, -0.2) is 12.3 Å². The number of carbonyl (C=O) groups is 1. The van der Waals surface area contributed by atoms with Gasteiger partial charge in [0.15, 0.2) is 0 Å². The van der Waals surface area contributed by atoms with E-state index in [0.29, 0.717) is 5.78 Å². The third-order valence-corrected chi connectivity index (χ3v) is 4.44. The minimum atomic E-state index is 0.463. The lowest BCUT2D eigenvalue weighted by atomic mass is 10.0. The van der Waals surface area contributed by atoms with Gasteiger partial charge in [0.1, 0.15) is 5.78 Å². The first-order valence-electron chi connectivity index (χ1n) is 10.0. The van der Waals surface area contributed by atoms with Gasteiger partial charge in [-0.3, -0.25) is 4.79 Å². The molecule has 0 aliphatic rings. The fraction of sp³-hybridized carbons (Fsp3) is 0.950. The summed E-state index contributed by atoms with van der Waals surface area (Å²) in [5.74, 6) is 0.463. The maximum Gasteiger partial charge on any atom is 0.132 e. The number of unbranched alkanes of at least 4 members (excludes halogenated alkanes) is 13.